The van der Waals surface area contributed by atoms with Gasteiger partial charge in [-0.3, -0.25) is 4.90 Å². The minimum atomic E-state index is -0.121. The lowest BCUT2D eigenvalue weighted by Crippen LogP contribution is -2.42. The molecule has 2 aliphatic heterocycles. The number of fused-ring (bicyclic) bond motifs is 1. The fourth-order valence-corrected chi connectivity index (χ4v) is 3.91. The smallest absolute Gasteiger partial charge is 0.123 e. The fourth-order valence-electron chi connectivity index (χ4n) is 3.91. The molecule has 0 aromatic heterocycles. The summed E-state index contributed by atoms with van der Waals surface area (Å²) >= 11 is 0. The average Bonchev–Trinajstić information content (AvgIpc) is 2.86. The van der Waals surface area contributed by atoms with Crippen molar-refractivity contribution in [2.75, 3.05) is 53.4 Å². The van der Waals surface area contributed by atoms with Crippen LogP contribution in [0, 0.1) is 17.7 Å². The zero-order valence-electron chi connectivity index (χ0n) is 13.8. The third-order valence-corrected chi connectivity index (χ3v) is 5.12. The molecule has 0 unspecified atom stereocenters. The van der Waals surface area contributed by atoms with E-state index in [1.54, 1.807) is 6.07 Å². The first-order valence-electron chi connectivity index (χ1n) is 8.44. The summed E-state index contributed by atoms with van der Waals surface area (Å²) in [5, 5.41) is 0. The molecule has 2 heterocycles. The standard InChI is InChI=1S/C18H28FN3/c1-20(2)8-9-21-7-6-16-12-22(14-17(16)13-21)11-15-4-3-5-18(19)10-15/h3-5,10,16-17H,6-9,11-14H2,1-2H3/t16-,17+/m1/s1. The van der Waals surface area contributed by atoms with Crippen LogP contribution in [0.15, 0.2) is 24.3 Å². The van der Waals surface area contributed by atoms with Gasteiger partial charge in [0.15, 0.2) is 0 Å². The maximum atomic E-state index is 13.3. The minimum Gasteiger partial charge on any atom is -0.308 e. The lowest BCUT2D eigenvalue weighted by Gasteiger charge is -2.34. The Hall–Kier alpha value is -0.970. The predicted molar refractivity (Wildman–Crippen MR) is 88.3 cm³/mol. The van der Waals surface area contributed by atoms with Crippen molar-refractivity contribution in [3.05, 3.63) is 35.6 Å². The molecule has 0 saturated carbocycles. The largest absolute Gasteiger partial charge is 0.308 e. The average molecular weight is 305 g/mol. The molecule has 2 aliphatic rings. The van der Waals surface area contributed by atoms with E-state index in [9.17, 15) is 4.39 Å². The van der Waals surface area contributed by atoms with Gasteiger partial charge in [-0.15, -0.1) is 0 Å². The van der Waals surface area contributed by atoms with Crippen molar-refractivity contribution in [2.45, 2.75) is 13.0 Å². The quantitative estimate of drug-likeness (QED) is 0.825. The summed E-state index contributed by atoms with van der Waals surface area (Å²) in [6, 6.07) is 7.05. The highest BCUT2D eigenvalue weighted by Crippen LogP contribution is 2.31. The highest BCUT2D eigenvalue weighted by Gasteiger charge is 2.36. The second kappa shape index (κ2) is 7.07. The van der Waals surface area contributed by atoms with Crippen LogP contribution in [0.25, 0.3) is 0 Å². The normalized spacial score (nSPS) is 26.5. The lowest BCUT2D eigenvalue weighted by atomic mass is 9.89. The van der Waals surface area contributed by atoms with Crippen molar-refractivity contribution in [2.24, 2.45) is 11.8 Å². The van der Waals surface area contributed by atoms with Crippen molar-refractivity contribution < 1.29 is 4.39 Å². The molecule has 1 aromatic rings. The number of benzene rings is 1. The second-order valence-corrected chi connectivity index (χ2v) is 7.24. The van der Waals surface area contributed by atoms with Gasteiger partial charge in [0.1, 0.15) is 5.82 Å². The Morgan fingerprint density at radius 2 is 1.91 bits per heavy atom. The van der Waals surface area contributed by atoms with E-state index in [-0.39, 0.29) is 5.82 Å². The van der Waals surface area contributed by atoms with Crippen molar-refractivity contribution in [3.63, 3.8) is 0 Å². The van der Waals surface area contributed by atoms with E-state index in [4.69, 9.17) is 0 Å². The molecule has 1 aromatic carbocycles. The van der Waals surface area contributed by atoms with Crippen molar-refractivity contribution in [1.82, 2.24) is 14.7 Å². The number of nitrogens with zero attached hydrogens (tertiary/aromatic N) is 3. The molecule has 2 saturated heterocycles. The van der Waals surface area contributed by atoms with Gasteiger partial charge in [0, 0.05) is 39.3 Å². The summed E-state index contributed by atoms with van der Waals surface area (Å²) in [6.07, 6.45) is 1.32. The fraction of sp³-hybridized carbons (Fsp3) is 0.667. The highest BCUT2D eigenvalue weighted by molar-refractivity contribution is 5.16. The number of likely N-dealkylation sites (tertiary alicyclic amines) is 2. The van der Waals surface area contributed by atoms with Crippen molar-refractivity contribution in [3.8, 4) is 0 Å². The monoisotopic (exact) mass is 305 g/mol. The first-order chi connectivity index (χ1) is 10.6. The van der Waals surface area contributed by atoms with Gasteiger partial charge in [-0.05, 0) is 56.6 Å². The molecule has 4 heteroatoms. The summed E-state index contributed by atoms with van der Waals surface area (Å²) in [4.78, 5) is 7.39. The van der Waals surface area contributed by atoms with E-state index < -0.39 is 0 Å². The third kappa shape index (κ3) is 4.06. The van der Waals surface area contributed by atoms with Crippen LogP contribution in [0.3, 0.4) is 0 Å². The topological polar surface area (TPSA) is 9.72 Å². The summed E-state index contributed by atoms with van der Waals surface area (Å²) < 4.78 is 13.3. The maximum absolute atomic E-state index is 13.3. The third-order valence-electron chi connectivity index (χ3n) is 5.12. The highest BCUT2D eigenvalue weighted by atomic mass is 19.1. The summed E-state index contributed by atoms with van der Waals surface area (Å²) in [6.45, 7) is 8.04. The molecule has 122 valence electrons. The van der Waals surface area contributed by atoms with Crippen LogP contribution in [0.1, 0.15) is 12.0 Å². The molecule has 0 bridgehead atoms. The molecule has 0 aliphatic carbocycles. The number of hydrogen-bond donors (Lipinski definition) is 0. The Morgan fingerprint density at radius 1 is 1.14 bits per heavy atom. The van der Waals surface area contributed by atoms with Crippen LogP contribution in [0.2, 0.25) is 0 Å². The Morgan fingerprint density at radius 3 is 2.68 bits per heavy atom. The van der Waals surface area contributed by atoms with Crippen LogP contribution >= 0.6 is 0 Å². The van der Waals surface area contributed by atoms with Crippen LogP contribution in [0.4, 0.5) is 4.39 Å². The van der Waals surface area contributed by atoms with Crippen LogP contribution in [-0.4, -0.2) is 68.1 Å². The SMILES string of the molecule is CN(C)CCN1CC[C@@H]2CN(Cc3cccc(F)c3)C[C@@H]2C1. The summed E-state index contributed by atoms with van der Waals surface area (Å²) in [7, 11) is 4.28. The summed E-state index contributed by atoms with van der Waals surface area (Å²) in [5.74, 6) is 1.51. The molecule has 0 spiro atoms. The Bertz CT molecular complexity index is 491. The molecule has 0 N–H and O–H groups in total. The van der Waals surface area contributed by atoms with Crippen molar-refractivity contribution in [1.29, 1.82) is 0 Å². The van der Waals surface area contributed by atoms with E-state index in [1.165, 1.54) is 45.2 Å². The molecule has 3 nitrogen and oxygen atoms in total. The molecule has 0 amide bonds. The maximum Gasteiger partial charge on any atom is 0.123 e. The van der Waals surface area contributed by atoms with E-state index in [2.05, 4.69) is 28.8 Å². The number of halogens is 1. The zero-order valence-corrected chi connectivity index (χ0v) is 13.8. The molecule has 22 heavy (non-hydrogen) atoms. The van der Waals surface area contributed by atoms with Crippen molar-refractivity contribution >= 4 is 0 Å². The van der Waals surface area contributed by atoms with Gasteiger partial charge in [-0.2, -0.15) is 0 Å². The van der Waals surface area contributed by atoms with Crippen LogP contribution in [0.5, 0.6) is 0 Å². The van der Waals surface area contributed by atoms with Gasteiger partial charge in [0.25, 0.3) is 0 Å². The second-order valence-electron chi connectivity index (χ2n) is 7.24. The number of rotatable bonds is 5. The predicted octanol–water partition coefficient (Wildman–Crippen LogP) is 2.14. The van der Waals surface area contributed by atoms with E-state index in [1.807, 2.05) is 12.1 Å². The first kappa shape index (κ1) is 15.9. The van der Waals surface area contributed by atoms with Gasteiger partial charge in [0.05, 0.1) is 0 Å². The zero-order chi connectivity index (χ0) is 15.5. The molecular weight excluding hydrogens is 277 g/mol. The van der Waals surface area contributed by atoms with Crippen LogP contribution < -0.4 is 0 Å². The number of piperidine rings is 1. The van der Waals surface area contributed by atoms with E-state index in [0.29, 0.717) is 0 Å². The molecular formula is C18H28FN3. The van der Waals surface area contributed by atoms with E-state index in [0.717, 1.165) is 30.5 Å². The van der Waals surface area contributed by atoms with Gasteiger partial charge >= 0.3 is 0 Å². The first-order valence-corrected chi connectivity index (χ1v) is 8.44. The van der Waals surface area contributed by atoms with Gasteiger partial charge < -0.3 is 9.80 Å². The van der Waals surface area contributed by atoms with Gasteiger partial charge in [-0.1, -0.05) is 12.1 Å². The molecule has 2 fully saturated rings. The Labute approximate surface area is 133 Å². The minimum absolute atomic E-state index is 0.121. The Balaban J connectivity index is 1.51. The molecule has 2 atom stereocenters. The molecule has 0 radical (unpaired) electrons. The lowest BCUT2D eigenvalue weighted by molar-refractivity contribution is 0.139. The number of hydrogen-bond acceptors (Lipinski definition) is 3. The molecule has 3 rings (SSSR count). The van der Waals surface area contributed by atoms with Crippen LogP contribution in [-0.2, 0) is 6.54 Å². The van der Waals surface area contributed by atoms with E-state index >= 15 is 0 Å². The van der Waals surface area contributed by atoms with Gasteiger partial charge in [0.2, 0.25) is 0 Å². The number of likely N-dealkylation sites (N-methyl/N-ethyl adjacent to an activating group) is 1. The Kier molecular flexibility index (Phi) is 5.11. The summed E-state index contributed by atoms with van der Waals surface area (Å²) in [5.41, 5.74) is 1.10. The van der Waals surface area contributed by atoms with Gasteiger partial charge in [-0.25, -0.2) is 4.39 Å².